The molecule has 2 unspecified atom stereocenters. The van der Waals surface area contributed by atoms with Crippen molar-refractivity contribution >= 4 is 16.8 Å². The highest BCUT2D eigenvalue weighted by molar-refractivity contribution is 5.98. The molecular formula is C18H22N4O3. The van der Waals surface area contributed by atoms with Gasteiger partial charge in [-0.3, -0.25) is 14.2 Å². The Morgan fingerprint density at radius 3 is 2.80 bits per heavy atom. The molecule has 25 heavy (non-hydrogen) atoms. The molecule has 132 valence electrons. The lowest BCUT2D eigenvalue weighted by atomic mass is 10.1. The molecule has 0 spiro atoms. The molecule has 7 nitrogen and oxygen atoms in total. The lowest BCUT2D eigenvalue weighted by Crippen LogP contribution is -2.42. The fraction of sp³-hybridized carbons (Fsp3) is 0.500. The number of fused-ring (bicyclic) bond motifs is 3. The van der Waals surface area contributed by atoms with Crippen molar-refractivity contribution in [1.82, 2.24) is 19.8 Å². The van der Waals surface area contributed by atoms with E-state index in [1.165, 1.54) is 0 Å². The first-order chi connectivity index (χ1) is 12.1. The maximum atomic E-state index is 13.1. The molecule has 2 saturated heterocycles. The molecule has 2 fully saturated rings. The number of carbonyl (C=O) groups excluding carboxylic acids is 1. The molecule has 1 aromatic heterocycles. The molecule has 1 aromatic carbocycles. The molecule has 2 aliphatic heterocycles. The minimum Gasteiger partial charge on any atom is -0.331 e. The number of hydrogen-bond donors (Lipinski definition) is 2. The number of nitrogens with zero attached hydrogens (tertiary/aromatic N) is 2. The fourth-order valence-electron chi connectivity index (χ4n) is 4.14. The van der Waals surface area contributed by atoms with Crippen LogP contribution >= 0.6 is 0 Å². The zero-order chi connectivity index (χ0) is 17.6. The van der Waals surface area contributed by atoms with Crippen LogP contribution in [0.4, 0.5) is 0 Å². The minimum atomic E-state index is -0.441. The zero-order valence-corrected chi connectivity index (χ0v) is 14.2. The monoisotopic (exact) mass is 342 g/mol. The van der Waals surface area contributed by atoms with Crippen LogP contribution in [0.1, 0.15) is 36.5 Å². The average molecular weight is 342 g/mol. The van der Waals surface area contributed by atoms with Gasteiger partial charge in [-0.2, -0.15) is 0 Å². The van der Waals surface area contributed by atoms with E-state index in [1.807, 2.05) is 4.90 Å². The van der Waals surface area contributed by atoms with E-state index >= 15 is 0 Å². The van der Waals surface area contributed by atoms with E-state index in [-0.39, 0.29) is 23.6 Å². The first-order valence-electron chi connectivity index (χ1n) is 8.90. The number of benzene rings is 1. The number of nitrogens with one attached hydrogen (secondary N) is 2. The van der Waals surface area contributed by atoms with Crippen LogP contribution in [0.3, 0.4) is 0 Å². The van der Waals surface area contributed by atoms with Crippen LogP contribution in [-0.4, -0.2) is 45.5 Å². The quantitative estimate of drug-likeness (QED) is 0.840. The summed E-state index contributed by atoms with van der Waals surface area (Å²) < 4.78 is 1.16. The molecular weight excluding hydrogens is 320 g/mol. The van der Waals surface area contributed by atoms with Crippen molar-refractivity contribution in [3.05, 3.63) is 44.6 Å². The third-order valence-electron chi connectivity index (χ3n) is 5.43. The molecule has 7 heteroatoms. The number of amides is 1. The number of carbonyl (C=O) groups is 1. The normalized spacial score (nSPS) is 23.0. The smallest absolute Gasteiger partial charge is 0.328 e. The summed E-state index contributed by atoms with van der Waals surface area (Å²) in [6.45, 7) is 3.83. The van der Waals surface area contributed by atoms with Crippen molar-refractivity contribution in [3.8, 4) is 0 Å². The van der Waals surface area contributed by atoms with E-state index in [2.05, 4.69) is 10.3 Å². The molecule has 2 aliphatic rings. The summed E-state index contributed by atoms with van der Waals surface area (Å²) in [7, 11) is 0. The number of aromatic nitrogens is 2. The second-order valence-corrected chi connectivity index (χ2v) is 6.83. The molecule has 1 amide bonds. The highest BCUT2D eigenvalue weighted by Crippen LogP contribution is 2.29. The highest BCUT2D eigenvalue weighted by atomic mass is 16.2. The maximum Gasteiger partial charge on any atom is 0.328 e. The van der Waals surface area contributed by atoms with Crippen LogP contribution in [-0.2, 0) is 6.54 Å². The molecule has 0 saturated carbocycles. The van der Waals surface area contributed by atoms with Gasteiger partial charge in [0, 0.05) is 30.7 Å². The van der Waals surface area contributed by atoms with Gasteiger partial charge in [-0.25, -0.2) is 4.79 Å². The molecule has 0 radical (unpaired) electrons. The molecule has 2 N–H and O–H groups in total. The van der Waals surface area contributed by atoms with Crippen molar-refractivity contribution in [1.29, 1.82) is 0 Å². The van der Waals surface area contributed by atoms with Gasteiger partial charge in [0.25, 0.3) is 11.5 Å². The van der Waals surface area contributed by atoms with Crippen molar-refractivity contribution in [3.63, 3.8) is 0 Å². The third-order valence-corrected chi connectivity index (χ3v) is 5.43. The molecule has 2 aromatic rings. The summed E-state index contributed by atoms with van der Waals surface area (Å²) >= 11 is 0. The molecule has 2 bridgehead atoms. The highest BCUT2D eigenvalue weighted by Gasteiger charge is 2.38. The third kappa shape index (κ3) is 2.59. The van der Waals surface area contributed by atoms with E-state index < -0.39 is 5.69 Å². The van der Waals surface area contributed by atoms with Gasteiger partial charge < -0.3 is 15.2 Å². The van der Waals surface area contributed by atoms with Crippen LogP contribution in [0.25, 0.3) is 10.9 Å². The van der Waals surface area contributed by atoms with Gasteiger partial charge in [0.2, 0.25) is 0 Å². The number of hydrogen-bond acceptors (Lipinski definition) is 4. The number of H-pyrrole nitrogens is 1. The Labute approximate surface area is 144 Å². The van der Waals surface area contributed by atoms with Crippen LogP contribution in [0.15, 0.2) is 27.8 Å². The van der Waals surface area contributed by atoms with Crippen LogP contribution in [0.2, 0.25) is 0 Å². The van der Waals surface area contributed by atoms with E-state index in [0.717, 1.165) is 36.9 Å². The maximum absolute atomic E-state index is 13.1. The molecule has 3 heterocycles. The topological polar surface area (TPSA) is 87.2 Å². The second kappa shape index (κ2) is 6.15. The van der Waals surface area contributed by atoms with E-state index in [1.54, 1.807) is 25.1 Å². The summed E-state index contributed by atoms with van der Waals surface area (Å²) in [6, 6.07) is 5.48. The van der Waals surface area contributed by atoms with Crippen molar-refractivity contribution in [2.24, 2.45) is 0 Å². The van der Waals surface area contributed by atoms with Gasteiger partial charge in [-0.1, -0.05) is 0 Å². The van der Waals surface area contributed by atoms with Crippen molar-refractivity contribution < 1.29 is 4.79 Å². The van der Waals surface area contributed by atoms with Gasteiger partial charge in [0.15, 0.2) is 0 Å². The lowest BCUT2D eigenvalue weighted by molar-refractivity contribution is 0.0680. The summed E-state index contributed by atoms with van der Waals surface area (Å²) in [5, 5.41) is 3.82. The van der Waals surface area contributed by atoms with Gasteiger partial charge >= 0.3 is 5.69 Å². The summed E-state index contributed by atoms with van der Waals surface area (Å²) in [4.78, 5) is 42.2. The average Bonchev–Trinajstić information content (AvgIpc) is 2.86. The Morgan fingerprint density at radius 1 is 1.20 bits per heavy atom. The van der Waals surface area contributed by atoms with Crippen molar-refractivity contribution in [2.75, 3.05) is 13.1 Å². The van der Waals surface area contributed by atoms with Crippen LogP contribution < -0.4 is 16.6 Å². The minimum absolute atomic E-state index is 0.0152. The Balaban J connectivity index is 1.76. The predicted molar refractivity (Wildman–Crippen MR) is 95.0 cm³/mol. The molecule has 2 atom stereocenters. The van der Waals surface area contributed by atoms with Gasteiger partial charge in [0.05, 0.1) is 10.9 Å². The second-order valence-electron chi connectivity index (χ2n) is 6.83. The Bertz CT molecular complexity index is 931. The standard InChI is InChI=1S/C18H22N4O3/c1-2-21-17(24)14-6-3-11(9-15(14)20-18(21)25)16(23)22-12-4-5-13(22)10-19-8-7-12/h3,6,9,12-13,19H,2,4-5,7-8,10H2,1H3,(H,20,25). The Morgan fingerprint density at radius 2 is 2.00 bits per heavy atom. The van der Waals surface area contributed by atoms with Crippen molar-refractivity contribution in [2.45, 2.75) is 44.8 Å². The summed E-state index contributed by atoms with van der Waals surface area (Å²) in [5.41, 5.74) is 0.185. The number of rotatable bonds is 2. The summed E-state index contributed by atoms with van der Waals surface area (Å²) in [5.74, 6) is -0.0152. The molecule has 0 aliphatic carbocycles. The van der Waals surface area contributed by atoms with Gasteiger partial charge in [-0.05, 0) is 50.9 Å². The van der Waals surface area contributed by atoms with E-state index in [4.69, 9.17) is 0 Å². The van der Waals surface area contributed by atoms with E-state index in [0.29, 0.717) is 23.0 Å². The fourth-order valence-corrected chi connectivity index (χ4v) is 4.14. The lowest BCUT2D eigenvalue weighted by Gasteiger charge is -2.28. The summed E-state index contributed by atoms with van der Waals surface area (Å²) in [6.07, 6.45) is 3.03. The van der Waals surface area contributed by atoms with Crippen LogP contribution in [0, 0.1) is 0 Å². The predicted octanol–water partition coefficient (Wildman–Crippen LogP) is 0.676. The Hall–Kier alpha value is -2.41. The molecule has 4 rings (SSSR count). The van der Waals surface area contributed by atoms with Gasteiger partial charge in [0.1, 0.15) is 0 Å². The zero-order valence-electron chi connectivity index (χ0n) is 14.2. The van der Waals surface area contributed by atoms with Gasteiger partial charge in [-0.15, -0.1) is 0 Å². The first kappa shape index (κ1) is 16.1. The Kier molecular flexibility index (Phi) is 3.95. The first-order valence-corrected chi connectivity index (χ1v) is 8.90. The largest absolute Gasteiger partial charge is 0.331 e. The van der Waals surface area contributed by atoms with E-state index in [9.17, 15) is 14.4 Å². The SMILES string of the molecule is CCn1c(=O)[nH]c2cc(C(=O)N3C4CCNCC3CC4)ccc2c1=O. The number of aromatic amines is 1. The van der Waals surface area contributed by atoms with Crippen LogP contribution in [0.5, 0.6) is 0 Å².